The molecule has 0 unspecified atom stereocenters. The smallest absolute Gasteiger partial charge is 0.358 e. The lowest BCUT2D eigenvalue weighted by molar-refractivity contribution is 0.0684. The summed E-state index contributed by atoms with van der Waals surface area (Å²) >= 11 is 0. The fraction of sp³-hybridized carbons (Fsp3) is 0.538. The number of anilines is 1. The minimum Gasteiger partial charge on any atom is -0.476 e. The lowest BCUT2D eigenvalue weighted by Gasteiger charge is -2.24. The Morgan fingerprint density at radius 1 is 1.29 bits per heavy atom. The highest BCUT2D eigenvalue weighted by molar-refractivity contribution is 5.87. The van der Waals surface area contributed by atoms with Gasteiger partial charge in [0.2, 0.25) is 5.89 Å². The van der Waals surface area contributed by atoms with Crippen molar-refractivity contribution in [1.82, 2.24) is 15.3 Å². The summed E-state index contributed by atoms with van der Waals surface area (Å²) in [5.74, 6) is 0.531. The molecule has 2 aromatic rings. The van der Waals surface area contributed by atoms with Crippen molar-refractivity contribution in [2.75, 3.05) is 11.4 Å². The maximum absolute atomic E-state index is 11.1. The van der Waals surface area contributed by atoms with Crippen LogP contribution in [0.15, 0.2) is 9.05 Å². The molecule has 0 saturated carbocycles. The molecule has 0 saturated heterocycles. The molecule has 112 valence electrons. The van der Waals surface area contributed by atoms with Gasteiger partial charge >= 0.3 is 5.97 Å². The van der Waals surface area contributed by atoms with Crippen LogP contribution < -0.4 is 4.90 Å². The van der Waals surface area contributed by atoms with Crippen LogP contribution in [0, 0.1) is 0 Å². The maximum atomic E-state index is 11.1. The zero-order valence-electron chi connectivity index (χ0n) is 12.1. The van der Waals surface area contributed by atoms with Crippen molar-refractivity contribution >= 4 is 11.9 Å². The molecule has 3 rings (SSSR count). The number of carboxylic acid groups (broad SMARTS) is 1. The molecular weight excluding hydrogens is 276 g/mol. The molecule has 2 aromatic heterocycles. The van der Waals surface area contributed by atoms with Gasteiger partial charge < -0.3 is 19.1 Å². The van der Waals surface area contributed by atoms with Gasteiger partial charge in [-0.15, -0.1) is 0 Å². The first-order valence-corrected chi connectivity index (χ1v) is 6.66. The van der Waals surface area contributed by atoms with Crippen LogP contribution in [0.25, 0.3) is 0 Å². The Balaban J connectivity index is 1.87. The number of carbonyl (C=O) groups is 1. The number of carboxylic acids is 1. The highest BCUT2D eigenvalue weighted by atomic mass is 16.5. The molecule has 3 heterocycles. The van der Waals surface area contributed by atoms with Crippen LogP contribution in [0.5, 0.6) is 0 Å². The zero-order valence-corrected chi connectivity index (χ0v) is 12.1. The second-order valence-corrected chi connectivity index (χ2v) is 6.06. The van der Waals surface area contributed by atoms with Gasteiger partial charge in [0, 0.05) is 23.9 Å². The molecule has 0 radical (unpaired) electrons. The first-order chi connectivity index (χ1) is 9.86. The number of fused-ring (bicyclic) bond motifs is 1. The predicted octanol–water partition coefficient (Wildman–Crippen LogP) is 1.62. The van der Waals surface area contributed by atoms with Gasteiger partial charge in [-0.1, -0.05) is 25.9 Å². The van der Waals surface area contributed by atoms with E-state index in [9.17, 15) is 4.79 Å². The third-order valence-corrected chi connectivity index (χ3v) is 3.37. The number of hydrogen-bond acceptors (Lipinski definition) is 7. The van der Waals surface area contributed by atoms with E-state index >= 15 is 0 Å². The van der Waals surface area contributed by atoms with Crippen molar-refractivity contribution in [3.05, 3.63) is 22.9 Å². The average molecular weight is 292 g/mol. The van der Waals surface area contributed by atoms with Gasteiger partial charge in [-0.05, 0) is 5.16 Å². The SMILES string of the molecule is CC(C)(C)c1nc(N2CCc3onc(C(=O)O)c3C2)no1. The fourth-order valence-electron chi connectivity index (χ4n) is 2.20. The Labute approximate surface area is 120 Å². The van der Waals surface area contributed by atoms with Crippen LogP contribution in [-0.2, 0) is 18.4 Å². The van der Waals surface area contributed by atoms with Gasteiger partial charge in [0.15, 0.2) is 5.69 Å². The van der Waals surface area contributed by atoms with Crippen LogP contribution in [0.1, 0.15) is 48.5 Å². The summed E-state index contributed by atoms with van der Waals surface area (Å²) < 4.78 is 10.3. The predicted molar refractivity (Wildman–Crippen MR) is 71.2 cm³/mol. The quantitative estimate of drug-likeness (QED) is 0.890. The molecule has 0 aliphatic carbocycles. The summed E-state index contributed by atoms with van der Waals surface area (Å²) in [6, 6.07) is 0. The Kier molecular flexibility index (Phi) is 2.96. The average Bonchev–Trinajstić information content (AvgIpc) is 3.04. The number of rotatable bonds is 2. The van der Waals surface area contributed by atoms with Crippen molar-refractivity contribution in [1.29, 1.82) is 0 Å². The van der Waals surface area contributed by atoms with Crippen molar-refractivity contribution < 1.29 is 18.9 Å². The summed E-state index contributed by atoms with van der Waals surface area (Å²) in [6.45, 7) is 6.94. The molecule has 8 heteroatoms. The summed E-state index contributed by atoms with van der Waals surface area (Å²) in [5, 5.41) is 16.7. The molecular formula is C13H16N4O4. The molecule has 0 spiro atoms. The van der Waals surface area contributed by atoms with Crippen LogP contribution in [0.2, 0.25) is 0 Å². The van der Waals surface area contributed by atoms with Gasteiger partial charge in [0.25, 0.3) is 5.95 Å². The summed E-state index contributed by atoms with van der Waals surface area (Å²) in [4.78, 5) is 17.4. The topological polar surface area (TPSA) is 105 Å². The second kappa shape index (κ2) is 4.57. The molecule has 0 atom stereocenters. The lowest BCUT2D eigenvalue weighted by atomic mass is 9.97. The van der Waals surface area contributed by atoms with Gasteiger partial charge in [-0.2, -0.15) is 4.98 Å². The molecule has 0 aromatic carbocycles. The Morgan fingerprint density at radius 3 is 2.67 bits per heavy atom. The van der Waals surface area contributed by atoms with Crippen LogP contribution in [-0.4, -0.2) is 32.9 Å². The van der Waals surface area contributed by atoms with E-state index in [0.717, 1.165) is 0 Å². The number of aromatic carboxylic acids is 1. The normalized spacial score (nSPS) is 15.1. The van der Waals surface area contributed by atoms with E-state index in [1.807, 2.05) is 25.7 Å². The largest absolute Gasteiger partial charge is 0.476 e. The highest BCUT2D eigenvalue weighted by Crippen LogP contribution is 2.27. The van der Waals surface area contributed by atoms with Crippen LogP contribution in [0.3, 0.4) is 0 Å². The molecule has 1 aliphatic rings. The Bertz CT molecular complexity index is 683. The lowest BCUT2D eigenvalue weighted by Crippen LogP contribution is -2.31. The van der Waals surface area contributed by atoms with E-state index in [2.05, 4.69) is 15.3 Å². The maximum Gasteiger partial charge on any atom is 0.358 e. The van der Waals surface area contributed by atoms with E-state index in [1.165, 1.54) is 0 Å². The van der Waals surface area contributed by atoms with E-state index in [-0.39, 0.29) is 11.1 Å². The highest BCUT2D eigenvalue weighted by Gasteiger charge is 2.30. The van der Waals surface area contributed by atoms with Crippen molar-refractivity contribution in [2.45, 2.75) is 39.2 Å². The summed E-state index contributed by atoms with van der Waals surface area (Å²) in [7, 11) is 0. The van der Waals surface area contributed by atoms with Crippen LogP contribution >= 0.6 is 0 Å². The van der Waals surface area contributed by atoms with Gasteiger partial charge in [0.05, 0.1) is 6.54 Å². The van der Waals surface area contributed by atoms with Gasteiger partial charge in [-0.25, -0.2) is 4.79 Å². The minimum atomic E-state index is -1.09. The van der Waals surface area contributed by atoms with Crippen molar-refractivity contribution in [2.24, 2.45) is 0 Å². The van der Waals surface area contributed by atoms with Crippen molar-refractivity contribution in [3.8, 4) is 0 Å². The summed E-state index contributed by atoms with van der Waals surface area (Å²) in [5.41, 5.74) is 0.306. The van der Waals surface area contributed by atoms with E-state index in [0.29, 0.717) is 42.7 Å². The molecule has 0 bridgehead atoms. The molecule has 21 heavy (non-hydrogen) atoms. The van der Waals surface area contributed by atoms with Crippen molar-refractivity contribution in [3.63, 3.8) is 0 Å². The van der Waals surface area contributed by atoms with E-state index in [1.54, 1.807) is 0 Å². The number of nitrogens with zero attached hydrogens (tertiary/aromatic N) is 4. The third-order valence-electron chi connectivity index (χ3n) is 3.37. The number of hydrogen-bond donors (Lipinski definition) is 1. The number of aromatic nitrogens is 3. The van der Waals surface area contributed by atoms with Crippen LogP contribution in [0.4, 0.5) is 5.95 Å². The zero-order chi connectivity index (χ0) is 15.2. The molecule has 8 nitrogen and oxygen atoms in total. The standard InChI is InChI=1S/C13H16N4O4/c1-13(2,3)11-14-12(16-21-11)17-5-4-8-7(6-17)9(10(18)19)15-20-8/h4-6H2,1-3H3,(H,18,19). The Hall–Kier alpha value is -2.38. The monoisotopic (exact) mass is 292 g/mol. The minimum absolute atomic E-state index is 0.0470. The first-order valence-electron chi connectivity index (χ1n) is 6.66. The van der Waals surface area contributed by atoms with E-state index in [4.69, 9.17) is 14.2 Å². The fourth-order valence-corrected chi connectivity index (χ4v) is 2.20. The van der Waals surface area contributed by atoms with Gasteiger partial charge in [-0.3, -0.25) is 0 Å². The molecule has 0 fully saturated rings. The molecule has 1 N–H and O–H groups in total. The molecule has 1 aliphatic heterocycles. The Morgan fingerprint density at radius 2 is 2.05 bits per heavy atom. The third kappa shape index (κ3) is 2.37. The van der Waals surface area contributed by atoms with Gasteiger partial charge in [0.1, 0.15) is 5.76 Å². The first kappa shape index (κ1) is 13.6. The molecule has 0 amide bonds. The summed E-state index contributed by atoms with van der Waals surface area (Å²) in [6.07, 6.45) is 0.564. The van der Waals surface area contributed by atoms with E-state index < -0.39 is 5.97 Å². The second-order valence-electron chi connectivity index (χ2n) is 6.06.